The molecule has 0 saturated carbocycles. The zero-order chi connectivity index (χ0) is 24.5. The van der Waals surface area contributed by atoms with Gasteiger partial charge in [0.2, 0.25) is 5.91 Å². The maximum Gasteiger partial charge on any atom is 0.338 e. The van der Waals surface area contributed by atoms with E-state index in [9.17, 15) is 14.4 Å². The van der Waals surface area contributed by atoms with Crippen molar-refractivity contribution >= 4 is 39.1 Å². The summed E-state index contributed by atoms with van der Waals surface area (Å²) >= 11 is 1.61. The summed E-state index contributed by atoms with van der Waals surface area (Å²) in [7, 11) is 0. The zero-order valence-corrected chi connectivity index (χ0v) is 21.0. The number of carbonyl (C=O) groups is 2. The van der Waals surface area contributed by atoms with Crippen LogP contribution in [-0.4, -0.2) is 28.0 Å². The molecule has 2 aromatic heterocycles. The molecule has 1 atom stereocenters. The van der Waals surface area contributed by atoms with Crippen molar-refractivity contribution in [3.05, 3.63) is 57.0 Å². The fourth-order valence-corrected chi connectivity index (χ4v) is 5.63. The predicted molar refractivity (Wildman–Crippen MR) is 134 cm³/mol. The van der Waals surface area contributed by atoms with Gasteiger partial charge in [0.1, 0.15) is 11.4 Å². The first kappa shape index (κ1) is 24.1. The van der Waals surface area contributed by atoms with Crippen LogP contribution in [0.2, 0.25) is 0 Å². The molecular formula is C26H31N3O4S. The van der Waals surface area contributed by atoms with Gasteiger partial charge in [-0.25, -0.2) is 9.78 Å². The summed E-state index contributed by atoms with van der Waals surface area (Å²) in [6.45, 7) is 8.98. The number of amides is 1. The SMILES string of the molecule is CCCOC(=O)c1ccc(NC(=O)Cn2cnc3sc4c(c3c2=O)CCC(C(C)(C)C)C4)cc1. The third-order valence-corrected chi connectivity index (χ3v) is 7.58. The highest BCUT2D eigenvalue weighted by molar-refractivity contribution is 7.18. The molecule has 1 aromatic carbocycles. The highest BCUT2D eigenvalue weighted by Crippen LogP contribution is 2.41. The second-order valence-corrected chi connectivity index (χ2v) is 11.0. The van der Waals surface area contributed by atoms with E-state index in [2.05, 4.69) is 31.1 Å². The molecule has 0 spiro atoms. The quantitative estimate of drug-likeness (QED) is 0.510. The second-order valence-electron chi connectivity index (χ2n) is 9.93. The summed E-state index contributed by atoms with van der Waals surface area (Å²) in [5.74, 6) is -0.138. The molecule has 180 valence electrons. The lowest BCUT2D eigenvalue weighted by atomic mass is 9.72. The summed E-state index contributed by atoms with van der Waals surface area (Å²) in [5, 5.41) is 3.44. The Bertz CT molecular complexity index is 1270. The number of ether oxygens (including phenoxy) is 1. The van der Waals surface area contributed by atoms with Gasteiger partial charge in [0.05, 0.1) is 23.9 Å². The van der Waals surface area contributed by atoms with Crippen molar-refractivity contribution in [1.29, 1.82) is 0 Å². The van der Waals surface area contributed by atoms with Crippen molar-refractivity contribution in [3.63, 3.8) is 0 Å². The van der Waals surface area contributed by atoms with E-state index >= 15 is 0 Å². The number of nitrogens with one attached hydrogen (secondary N) is 1. The van der Waals surface area contributed by atoms with Gasteiger partial charge in [0.15, 0.2) is 0 Å². The van der Waals surface area contributed by atoms with Crippen molar-refractivity contribution in [2.45, 2.75) is 59.9 Å². The zero-order valence-electron chi connectivity index (χ0n) is 20.1. The van der Waals surface area contributed by atoms with E-state index < -0.39 is 5.97 Å². The number of hydrogen-bond donors (Lipinski definition) is 1. The van der Waals surface area contributed by atoms with E-state index in [0.717, 1.165) is 36.1 Å². The minimum Gasteiger partial charge on any atom is -0.462 e. The molecule has 0 saturated heterocycles. The monoisotopic (exact) mass is 481 g/mol. The lowest BCUT2D eigenvalue weighted by Gasteiger charge is -2.33. The Kier molecular flexibility index (Phi) is 6.89. The van der Waals surface area contributed by atoms with Crippen LogP contribution < -0.4 is 10.9 Å². The van der Waals surface area contributed by atoms with Crippen LogP contribution in [0.5, 0.6) is 0 Å². The summed E-state index contributed by atoms with van der Waals surface area (Å²) in [4.78, 5) is 44.3. The number of esters is 1. The van der Waals surface area contributed by atoms with Gasteiger partial charge in [-0.3, -0.25) is 14.2 Å². The number of carbonyl (C=O) groups excluding carboxylic acids is 2. The Labute approximate surface area is 203 Å². The fraction of sp³-hybridized carbons (Fsp3) is 0.462. The highest BCUT2D eigenvalue weighted by Gasteiger charge is 2.31. The Morgan fingerprint density at radius 3 is 2.65 bits per heavy atom. The molecule has 8 heteroatoms. The normalized spacial score (nSPS) is 15.7. The van der Waals surface area contributed by atoms with Crippen LogP contribution in [-0.2, 0) is 28.9 Å². The average Bonchev–Trinajstić information content (AvgIpc) is 3.18. The van der Waals surface area contributed by atoms with Crippen molar-refractivity contribution in [1.82, 2.24) is 9.55 Å². The molecule has 0 aliphatic heterocycles. The smallest absolute Gasteiger partial charge is 0.338 e. The van der Waals surface area contributed by atoms with E-state index in [4.69, 9.17) is 4.74 Å². The standard InChI is InChI=1S/C26H31N3O4S/c1-5-12-33-25(32)16-6-9-18(10-7-16)28-21(30)14-29-15-27-23-22(24(29)31)19-11-8-17(26(2,3)4)13-20(19)34-23/h6-7,9-10,15,17H,5,8,11-14H2,1-4H3,(H,28,30). The third kappa shape index (κ3) is 5.06. The number of aryl methyl sites for hydroxylation is 1. The van der Waals surface area contributed by atoms with E-state index in [1.54, 1.807) is 35.6 Å². The molecule has 1 aliphatic carbocycles. The third-order valence-electron chi connectivity index (χ3n) is 6.42. The average molecular weight is 482 g/mol. The Balaban J connectivity index is 1.47. The van der Waals surface area contributed by atoms with Crippen LogP contribution in [0.15, 0.2) is 35.4 Å². The molecule has 4 rings (SSSR count). The molecule has 0 fully saturated rings. The number of anilines is 1. The van der Waals surface area contributed by atoms with Crippen LogP contribution in [0, 0.1) is 11.3 Å². The number of benzene rings is 1. The predicted octanol–water partition coefficient (Wildman–Crippen LogP) is 4.81. The first-order chi connectivity index (χ1) is 16.2. The van der Waals surface area contributed by atoms with Gasteiger partial charge in [-0.05, 0) is 66.8 Å². The minimum absolute atomic E-state index is 0.128. The number of aromatic nitrogens is 2. The van der Waals surface area contributed by atoms with Crippen LogP contribution in [0.25, 0.3) is 10.2 Å². The number of hydrogen-bond acceptors (Lipinski definition) is 6. The first-order valence-corrected chi connectivity index (χ1v) is 12.6. The number of nitrogens with zero attached hydrogens (tertiary/aromatic N) is 2. The summed E-state index contributed by atoms with van der Waals surface area (Å²) in [5.41, 5.74) is 2.14. The summed E-state index contributed by atoms with van der Waals surface area (Å²) in [6, 6.07) is 6.50. The summed E-state index contributed by atoms with van der Waals surface area (Å²) < 4.78 is 6.48. The van der Waals surface area contributed by atoms with Gasteiger partial charge in [0.25, 0.3) is 5.56 Å². The second kappa shape index (κ2) is 9.70. The molecule has 7 nitrogen and oxygen atoms in total. The maximum atomic E-state index is 13.2. The molecule has 1 N–H and O–H groups in total. The van der Waals surface area contributed by atoms with E-state index in [0.29, 0.717) is 29.2 Å². The Morgan fingerprint density at radius 2 is 1.97 bits per heavy atom. The first-order valence-electron chi connectivity index (χ1n) is 11.7. The largest absolute Gasteiger partial charge is 0.462 e. The molecular weight excluding hydrogens is 450 g/mol. The van der Waals surface area contributed by atoms with Crippen molar-refractivity contribution in [3.8, 4) is 0 Å². The molecule has 2 heterocycles. The molecule has 0 radical (unpaired) electrons. The lowest BCUT2D eigenvalue weighted by Crippen LogP contribution is -2.29. The Hall–Kier alpha value is -3.00. The Morgan fingerprint density at radius 1 is 1.24 bits per heavy atom. The van der Waals surface area contributed by atoms with Crippen molar-refractivity contribution in [2.24, 2.45) is 11.3 Å². The van der Waals surface area contributed by atoms with E-state index in [1.807, 2.05) is 6.92 Å². The van der Waals surface area contributed by atoms with Gasteiger partial charge in [-0.1, -0.05) is 27.7 Å². The van der Waals surface area contributed by atoms with Crippen LogP contribution >= 0.6 is 11.3 Å². The number of fused-ring (bicyclic) bond motifs is 3. The minimum atomic E-state index is -0.390. The molecule has 1 aliphatic rings. The molecule has 1 unspecified atom stereocenters. The van der Waals surface area contributed by atoms with Crippen LogP contribution in [0.1, 0.15) is 61.3 Å². The van der Waals surface area contributed by atoms with Crippen molar-refractivity contribution in [2.75, 3.05) is 11.9 Å². The van der Waals surface area contributed by atoms with E-state index in [1.165, 1.54) is 15.8 Å². The number of rotatable bonds is 6. The van der Waals surface area contributed by atoms with E-state index in [-0.39, 0.29) is 23.4 Å². The van der Waals surface area contributed by atoms with Gasteiger partial charge in [-0.15, -0.1) is 11.3 Å². The maximum absolute atomic E-state index is 13.2. The van der Waals surface area contributed by atoms with Crippen LogP contribution in [0.4, 0.5) is 5.69 Å². The molecule has 3 aromatic rings. The number of thiophene rings is 1. The van der Waals surface area contributed by atoms with Gasteiger partial charge < -0.3 is 10.1 Å². The van der Waals surface area contributed by atoms with Gasteiger partial charge in [-0.2, -0.15) is 0 Å². The van der Waals surface area contributed by atoms with Crippen molar-refractivity contribution < 1.29 is 14.3 Å². The molecule has 34 heavy (non-hydrogen) atoms. The van der Waals surface area contributed by atoms with Gasteiger partial charge >= 0.3 is 5.97 Å². The topological polar surface area (TPSA) is 90.3 Å². The van der Waals surface area contributed by atoms with Crippen LogP contribution in [0.3, 0.4) is 0 Å². The molecule has 0 bridgehead atoms. The summed E-state index contributed by atoms with van der Waals surface area (Å²) in [6.07, 6.45) is 5.12. The molecule has 1 amide bonds. The van der Waals surface area contributed by atoms with Gasteiger partial charge in [0, 0.05) is 10.6 Å². The highest BCUT2D eigenvalue weighted by atomic mass is 32.1. The fourth-order valence-electron chi connectivity index (χ4n) is 4.38. The lowest BCUT2D eigenvalue weighted by molar-refractivity contribution is -0.116.